The van der Waals surface area contributed by atoms with Crippen LogP contribution < -0.4 is 4.66 Å². The molecule has 0 saturated heterocycles. The lowest BCUT2D eigenvalue weighted by Gasteiger charge is -1.77. The lowest BCUT2D eigenvalue weighted by molar-refractivity contribution is -1.25. The van der Waals surface area contributed by atoms with Crippen LogP contribution in [0, 0.1) is 11.3 Å². The van der Waals surface area contributed by atoms with Gasteiger partial charge >= 0.3 is 21.7 Å². The molecule has 7 heteroatoms. The molecule has 44 valence electrons. The predicted molar refractivity (Wildman–Crippen MR) is 12.6 cm³/mol. The Bertz CT molecular complexity index is 121. The molecule has 5 nitrogen and oxygen atoms in total. The average molecular weight is 149 g/mol. The van der Waals surface area contributed by atoms with Crippen molar-refractivity contribution in [1.82, 2.24) is 0 Å². The van der Waals surface area contributed by atoms with Gasteiger partial charge in [-0.3, -0.25) is 4.55 Å². The van der Waals surface area contributed by atoms with E-state index in [2.05, 4.69) is 3.74 Å². The molecule has 1 N–H and O–H groups in total. The van der Waals surface area contributed by atoms with Gasteiger partial charge in [-0.15, -0.1) is 0 Å². The van der Waals surface area contributed by atoms with Gasteiger partial charge in [-0.05, 0) is 0 Å². The molecule has 0 fully saturated rings. The summed E-state index contributed by atoms with van der Waals surface area (Å²) in [5, 5.41) is 0. The van der Waals surface area contributed by atoms with Gasteiger partial charge in [0.25, 0.3) is 0 Å². The Hall–Kier alpha value is 0.120. The third-order valence-electron chi connectivity index (χ3n) is 0.105. The highest BCUT2D eigenvalue weighted by Gasteiger charge is 2.09. The minimum absolute atomic E-state index is 0.280. The molecule has 0 radical (unpaired) electrons. The Kier molecular flexibility index (Phi) is 2.47. The first-order valence-corrected chi connectivity index (χ1v) is 2.97. The Balaban J connectivity index is 3.60. The fourth-order valence-corrected chi connectivity index (χ4v) is 0.292. The van der Waals surface area contributed by atoms with Gasteiger partial charge in [-0.2, -0.15) is 8.42 Å². The molecule has 0 amide bonds. The van der Waals surface area contributed by atoms with Crippen LogP contribution in [-0.4, -0.2) is 13.0 Å². The monoisotopic (exact) mass is 148 g/mol. The smallest absolute Gasteiger partial charge is 0.449 e. The zero-order chi connectivity index (χ0) is 5.91. The first-order chi connectivity index (χ1) is 3.06. The normalized spacial score (nSPS) is 11.7. The lowest BCUT2D eigenvalue weighted by Crippen LogP contribution is -2.10. The summed E-state index contributed by atoms with van der Waals surface area (Å²) in [7, 11) is -4.55. The number of rotatable bonds is 2. The van der Waals surface area contributed by atoms with Crippen LogP contribution in [0.1, 0.15) is 0 Å². The van der Waals surface area contributed by atoms with Crippen LogP contribution >= 0.6 is 0 Å². The molecule has 0 aromatic heterocycles. The summed E-state index contributed by atoms with van der Waals surface area (Å²) in [5.74, 6) is 0. The van der Waals surface area contributed by atoms with Crippen LogP contribution in [0.4, 0.5) is 0 Å². The van der Waals surface area contributed by atoms with Crippen molar-refractivity contribution in [3.8, 4) is 0 Å². The SMILES string of the molecule is O=S(=O)(O)O[Cl+][O-]. The van der Waals surface area contributed by atoms with E-state index in [0.717, 1.165) is 0 Å². The van der Waals surface area contributed by atoms with Crippen LogP contribution in [0.5, 0.6) is 0 Å². The van der Waals surface area contributed by atoms with Gasteiger partial charge in [-0.1, -0.05) is 0 Å². The summed E-state index contributed by atoms with van der Waals surface area (Å²) in [6, 6.07) is 0. The van der Waals surface area contributed by atoms with Gasteiger partial charge in [0.1, 0.15) is 0 Å². The van der Waals surface area contributed by atoms with Crippen molar-refractivity contribution in [2.24, 2.45) is 0 Å². The Morgan fingerprint density at radius 3 is 2.14 bits per heavy atom. The molecule has 0 heterocycles. The van der Waals surface area contributed by atoms with E-state index in [1.807, 2.05) is 0 Å². The molecule has 0 aliphatic heterocycles. The molecule has 0 unspecified atom stereocenters. The summed E-state index contributed by atoms with van der Waals surface area (Å²) in [6.07, 6.45) is 0. The Labute approximate surface area is 43.9 Å². The van der Waals surface area contributed by atoms with Crippen molar-refractivity contribution >= 4 is 10.4 Å². The summed E-state index contributed by atoms with van der Waals surface area (Å²) >= 11 is -0.280. The molecule has 0 aromatic rings. The van der Waals surface area contributed by atoms with Crippen molar-refractivity contribution in [2.45, 2.75) is 0 Å². The molecule has 7 heavy (non-hydrogen) atoms. The minimum atomic E-state index is -4.55. The molecular formula is HClO5S. The molecule has 0 saturated carbocycles. The molecule has 0 atom stereocenters. The second-order valence-corrected chi connectivity index (χ2v) is 2.04. The minimum Gasteiger partial charge on any atom is -0.505 e. The third kappa shape index (κ3) is 6.12. The number of hydrogen-bond donors (Lipinski definition) is 1. The number of hydrogen-bond acceptors (Lipinski definition) is 4. The van der Waals surface area contributed by atoms with Crippen LogP contribution in [0.3, 0.4) is 0 Å². The highest BCUT2D eigenvalue weighted by molar-refractivity contribution is 7.80. The predicted octanol–water partition coefficient (Wildman–Crippen LogP) is -1.92. The van der Waals surface area contributed by atoms with Gasteiger partial charge in [0.2, 0.25) is 0 Å². The van der Waals surface area contributed by atoms with Gasteiger partial charge < -0.3 is 4.66 Å². The summed E-state index contributed by atoms with van der Waals surface area (Å²) < 4.78 is 38.3. The molecule has 0 rings (SSSR count). The van der Waals surface area contributed by atoms with Crippen molar-refractivity contribution in [1.29, 1.82) is 0 Å². The zero-order valence-corrected chi connectivity index (χ0v) is 4.44. The van der Waals surface area contributed by atoms with E-state index in [9.17, 15) is 8.42 Å². The second-order valence-electron chi connectivity index (χ2n) is 0.554. The first kappa shape index (κ1) is 7.12. The average Bonchev–Trinajstić information content (AvgIpc) is 1.30. The van der Waals surface area contributed by atoms with E-state index in [0.29, 0.717) is 0 Å². The Morgan fingerprint density at radius 1 is 1.71 bits per heavy atom. The van der Waals surface area contributed by atoms with Crippen LogP contribution in [0.2, 0.25) is 0 Å². The van der Waals surface area contributed by atoms with Crippen LogP contribution in [-0.2, 0) is 14.1 Å². The fraction of sp³-hybridized carbons (Fsp3) is 0. The number of halogens is 1. The van der Waals surface area contributed by atoms with Crippen molar-refractivity contribution in [3.63, 3.8) is 0 Å². The van der Waals surface area contributed by atoms with Crippen molar-refractivity contribution < 1.29 is 32.7 Å². The van der Waals surface area contributed by atoms with Gasteiger partial charge in [0.15, 0.2) is 0 Å². The van der Waals surface area contributed by atoms with Crippen molar-refractivity contribution in [2.75, 3.05) is 0 Å². The maximum atomic E-state index is 9.33. The lowest BCUT2D eigenvalue weighted by atomic mass is 15.8. The highest BCUT2D eigenvalue weighted by Crippen LogP contribution is 1.80. The van der Waals surface area contributed by atoms with E-state index in [1.54, 1.807) is 0 Å². The maximum absolute atomic E-state index is 9.33. The largest absolute Gasteiger partial charge is 0.505 e. The maximum Gasteiger partial charge on any atom is 0.449 e. The molecule has 0 aromatic carbocycles. The summed E-state index contributed by atoms with van der Waals surface area (Å²) in [6.45, 7) is 0. The summed E-state index contributed by atoms with van der Waals surface area (Å²) in [4.78, 5) is 0. The van der Waals surface area contributed by atoms with E-state index < -0.39 is 10.4 Å². The quantitative estimate of drug-likeness (QED) is 0.462. The zero-order valence-electron chi connectivity index (χ0n) is 2.87. The van der Waals surface area contributed by atoms with Gasteiger partial charge in [0, 0.05) is 0 Å². The molecule has 0 spiro atoms. The van der Waals surface area contributed by atoms with E-state index in [-0.39, 0.29) is 11.3 Å². The second kappa shape index (κ2) is 2.43. The Morgan fingerprint density at radius 2 is 2.14 bits per heavy atom. The third-order valence-corrected chi connectivity index (χ3v) is 0.948. The van der Waals surface area contributed by atoms with E-state index >= 15 is 0 Å². The molecule has 0 bridgehead atoms. The standard InChI is InChI=1S/ClHO5S/c2-1-6-7(3,4)5/h(H,3,4,5). The van der Waals surface area contributed by atoms with Gasteiger partial charge in [-0.25, -0.2) is 0 Å². The van der Waals surface area contributed by atoms with Gasteiger partial charge in [0.05, 0.1) is 3.74 Å². The summed E-state index contributed by atoms with van der Waals surface area (Å²) in [5.41, 5.74) is 0. The van der Waals surface area contributed by atoms with E-state index in [1.165, 1.54) is 0 Å². The topological polar surface area (TPSA) is 86.7 Å². The van der Waals surface area contributed by atoms with Crippen molar-refractivity contribution in [3.05, 3.63) is 0 Å². The van der Waals surface area contributed by atoms with Crippen LogP contribution in [0.15, 0.2) is 0 Å². The molecule has 0 aliphatic carbocycles. The van der Waals surface area contributed by atoms with E-state index in [4.69, 9.17) is 9.21 Å². The molecular weight excluding hydrogens is 148 g/mol. The highest BCUT2D eigenvalue weighted by atomic mass is 35.6. The van der Waals surface area contributed by atoms with Crippen LogP contribution in [0.25, 0.3) is 0 Å². The first-order valence-electron chi connectivity index (χ1n) is 0.991. The fourth-order valence-electron chi connectivity index (χ4n) is 0.0325. The molecule has 0 aliphatic rings.